The first kappa shape index (κ1) is 11.8. The molecule has 1 aliphatic carbocycles. The molecule has 2 heterocycles. The monoisotopic (exact) mass is 265 g/mol. The minimum absolute atomic E-state index is 0.333. The number of aryl methyl sites for hydroxylation is 1. The van der Waals surface area contributed by atoms with Crippen molar-refractivity contribution >= 4 is 11.3 Å². The highest BCUT2D eigenvalue weighted by Crippen LogP contribution is 2.33. The highest BCUT2D eigenvalue weighted by Gasteiger charge is 2.31. The van der Waals surface area contributed by atoms with Crippen LogP contribution >= 0.6 is 11.3 Å². The Morgan fingerprint density at radius 3 is 3.00 bits per heavy atom. The van der Waals surface area contributed by atoms with Crippen LogP contribution in [0, 0.1) is 12.8 Å². The van der Waals surface area contributed by atoms with Gasteiger partial charge in [-0.25, -0.2) is 4.98 Å². The van der Waals surface area contributed by atoms with E-state index in [1.165, 1.54) is 0 Å². The highest BCUT2D eigenvalue weighted by atomic mass is 32.1. The molecule has 6 heteroatoms. The molecule has 2 aromatic rings. The molecule has 1 saturated carbocycles. The van der Waals surface area contributed by atoms with Crippen molar-refractivity contribution in [3.8, 4) is 0 Å². The standard InChI is InChI=1S/C12H15N3O2S/c1-7-6-18-12(13-7)5-10-14-11(17-15-10)4-9(16)8-2-3-8/h6,8-9,16H,2-5H2,1H3. The van der Waals surface area contributed by atoms with Gasteiger partial charge in [0, 0.05) is 11.1 Å². The fraction of sp³-hybridized carbons (Fsp3) is 0.583. The maximum Gasteiger partial charge on any atom is 0.229 e. The van der Waals surface area contributed by atoms with Gasteiger partial charge >= 0.3 is 0 Å². The summed E-state index contributed by atoms with van der Waals surface area (Å²) in [7, 11) is 0. The summed E-state index contributed by atoms with van der Waals surface area (Å²) in [4.78, 5) is 8.66. The molecule has 1 fully saturated rings. The van der Waals surface area contributed by atoms with Crippen LogP contribution in [0.4, 0.5) is 0 Å². The molecule has 0 aliphatic heterocycles. The predicted octanol–water partition coefficient (Wildman–Crippen LogP) is 1.74. The number of rotatable bonds is 5. The Bertz CT molecular complexity index is 533. The van der Waals surface area contributed by atoms with Crippen LogP contribution in [0.25, 0.3) is 0 Å². The largest absolute Gasteiger partial charge is 0.392 e. The number of nitrogens with zero attached hydrogens (tertiary/aromatic N) is 3. The van der Waals surface area contributed by atoms with Gasteiger partial charge in [0.15, 0.2) is 5.82 Å². The van der Waals surface area contributed by atoms with E-state index in [2.05, 4.69) is 15.1 Å². The Kier molecular flexibility index (Phi) is 3.13. The number of aliphatic hydroxyl groups excluding tert-OH is 1. The molecule has 2 aromatic heterocycles. The molecular weight excluding hydrogens is 250 g/mol. The van der Waals surface area contributed by atoms with Crippen LogP contribution in [-0.2, 0) is 12.8 Å². The Morgan fingerprint density at radius 1 is 1.50 bits per heavy atom. The van der Waals surface area contributed by atoms with E-state index in [0.717, 1.165) is 23.5 Å². The third kappa shape index (κ3) is 2.76. The van der Waals surface area contributed by atoms with Crippen molar-refractivity contribution in [3.05, 3.63) is 27.8 Å². The number of thiazole rings is 1. The maximum atomic E-state index is 9.81. The van der Waals surface area contributed by atoms with Crippen molar-refractivity contribution in [1.29, 1.82) is 0 Å². The summed E-state index contributed by atoms with van der Waals surface area (Å²) in [6, 6.07) is 0. The molecule has 0 aromatic carbocycles. The zero-order valence-electron chi connectivity index (χ0n) is 10.2. The lowest BCUT2D eigenvalue weighted by atomic mass is 10.2. The van der Waals surface area contributed by atoms with E-state index in [-0.39, 0.29) is 6.10 Å². The minimum Gasteiger partial charge on any atom is -0.392 e. The van der Waals surface area contributed by atoms with Crippen molar-refractivity contribution in [2.75, 3.05) is 0 Å². The topological polar surface area (TPSA) is 72.0 Å². The SMILES string of the molecule is Cc1csc(Cc2noc(CC(O)C3CC3)n2)n1. The summed E-state index contributed by atoms with van der Waals surface area (Å²) in [5.41, 5.74) is 1.02. The quantitative estimate of drug-likeness (QED) is 0.891. The predicted molar refractivity (Wildman–Crippen MR) is 66.4 cm³/mol. The summed E-state index contributed by atoms with van der Waals surface area (Å²) < 4.78 is 5.15. The van der Waals surface area contributed by atoms with E-state index >= 15 is 0 Å². The Labute approximate surface area is 109 Å². The first-order chi connectivity index (χ1) is 8.70. The van der Waals surface area contributed by atoms with Crippen LogP contribution in [0.5, 0.6) is 0 Å². The lowest BCUT2D eigenvalue weighted by molar-refractivity contribution is 0.140. The van der Waals surface area contributed by atoms with Crippen LogP contribution in [0.3, 0.4) is 0 Å². The molecule has 0 bridgehead atoms. The molecule has 0 radical (unpaired) electrons. The highest BCUT2D eigenvalue weighted by molar-refractivity contribution is 7.09. The summed E-state index contributed by atoms with van der Waals surface area (Å²) in [5, 5.41) is 16.7. The van der Waals surface area contributed by atoms with Crippen LogP contribution in [0.15, 0.2) is 9.90 Å². The number of hydrogen-bond acceptors (Lipinski definition) is 6. The average molecular weight is 265 g/mol. The van der Waals surface area contributed by atoms with Crippen molar-refractivity contribution < 1.29 is 9.63 Å². The molecule has 1 N–H and O–H groups in total. The third-order valence-electron chi connectivity index (χ3n) is 3.04. The van der Waals surface area contributed by atoms with E-state index in [9.17, 15) is 5.11 Å². The molecule has 0 saturated heterocycles. The molecule has 1 unspecified atom stereocenters. The Morgan fingerprint density at radius 2 is 2.33 bits per heavy atom. The molecule has 0 amide bonds. The Hall–Kier alpha value is -1.27. The van der Waals surface area contributed by atoms with Crippen molar-refractivity contribution in [2.45, 2.75) is 38.7 Å². The van der Waals surface area contributed by atoms with E-state index in [1.807, 2.05) is 12.3 Å². The average Bonchev–Trinajstić information content (AvgIpc) is 2.99. The van der Waals surface area contributed by atoms with Gasteiger partial charge in [0.05, 0.1) is 18.9 Å². The number of hydrogen-bond donors (Lipinski definition) is 1. The Balaban J connectivity index is 1.62. The molecule has 96 valence electrons. The number of aliphatic hydroxyl groups is 1. The first-order valence-corrected chi connectivity index (χ1v) is 6.99. The smallest absolute Gasteiger partial charge is 0.229 e. The summed E-state index contributed by atoms with van der Waals surface area (Å²) in [6.45, 7) is 1.97. The van der Waals surface area contributed by atoms with Crippen LogP contribution in [-0.4, -0.2) is 26.3 Å². The maximum absolute atomic E-state index is 9.81. The lowest BCUT2D eigenvalue weighted by Gasteiger charge is -2.03. The van der Waals surface area contributed by atoms with Gasteiger partial charge in [0.1, 0.15) is 5.01 Å². The normalized spacial score (nSPS) is 17.0. The van der Waals surface area contributed by atoms with Crippen molar-refractivity contribution in [2.24, 2.45) is 5.92 Å². The van der Waals surface area contributed by atoms with Gasteiger partial charge in [-0.05, 0) is 25.7 Å². The van der Waals surface area contributed by atoms with Crippen LogP contribution in [0.1, 0.15) is 35.3 Å². The first-order valence-electron chi connectivity index (χ1n) is 6.11. The van der Waals surface area contributed by atoms with E-state index in [0.29, 0.717) is 30.5 Å². The summed E-state index contributed by atoms with van der Waals surface area (Å²) >= 11 is 1.60. The van der Waals surface area contributed by atoms with Gasteiger partial charge in [0.25, 0.3) is 0 Å². The second kappa shape index (κ2) is 4.78. The van der Waals surface area contributed by atoms with E-state index < -0.39 is 0 Å². The van der Waals surface area contributed by atoms with Crippen LogP contribution < -0.4 is 0 Å². The lowest BCUT2D eigenvalue weighted by Crippen LogP contribution is -2.12. The van der Waals surface area contributed by atoms with Gasteiger partial charge in [0.2, 0.25) is 5.89 Å². The van der Waals surface area contributed by atoms with Crippen molar-refractivity contribution in [3.63, 3.8) is 0 Å². The van der Waals surface area contributed by atoms with Gasteiger partial charge < -0.3 is 9.63 Å². The fourth-order valence-electron chi connectivity index (χ4n) is 1.89. The molecule has 0 spiro atoms. The third-order valence-corrected chi connectivity index (χ3v) is 4.00. The van der Waals surface area contributed by atoms with Gasteiger partial charge in [-0.15, -0.1) is 11.3 Å². The van der Waals surface area contributed by atoms with Gasteiger partial charge in [-0.2, -0.15) is 4.98 Å². The molecular formula is C12H15N3O2S. The zero-order valence-corrected chi connectivity index (χ0v) is 11.0. The van der Waals surface area contributed by atoms with E-state index in [4.69, 9.17) is 4.52 Å². The second-order valence-electron chi connectivity index (χ2n) is 4.77. The molecule has 1 atom stereocenters. The molecule has 3 rings (SSSR count). The van der Waals surface area contributed by atoms with E-state index in [1.54, 1.807) is 11.3 Å². The van der Waals surface area contributed by atoms with Crippen LogP contribution in [0.2, 0.25) is 0 Å². The second-order valence-corrected chi connectivity index (χ2v) is 5.72. The summed E-state index contributed by atoms with van der Waals surface area (Å²) in [5.74, 6) is 1.60. The molecule has 18 heavy (non-hydrogen) atoms. The van der Waals surface area contributed by atoms with Crippen molar-refractivity contribution in [1.82, 2.24) is 15.1 Å². The summed E-state index contributed by atoms with van der Waals surface area (Å²) in [6.07, 6.45) is 2.96. The number of aromatic nitrogens is 3. The fourth-order valence-corrected chi connectivity index (χ4v) is 2.66. The molecule has 5 nitrogen and oxygen atoms in total. The van der Waals surface area contributed by atoms with Gasteiger partial charge in [-0.3, -0.25) is 0 Å². The molecule has 1 aliphatic rings. The zero-order chi connectivity index (χ0) is 12.5. The minimum atomic E-state index is -0.333. The van der Waals surface area contributed by atoms with Gasteiger partial charge in [-0.1, -0.05) is 5.16 Å².